The quantitative estimate of drug-likeness (QED) is 0.472. The van der Waals surface area contributed by atoms with Crippen LogP contribution in [0.2, 0.25) is 0 Å². The highest BCUT2D eigenvalue weighted by Gasteiger charge is 2.25. The summed E-state index contributed by atoms with van der Waals surface area (Å²) in [6.07, 6.45) is 5.28. The number of piperidine rings is 1. The Morgan fingerprint density at radius 1 is 1.07 bits per heavy atom. The van der Waals surface area contributed by atoms with Gasteiger partial charge in [-0.25, -0.2) is 9.97 Å². The van der Waals surface area contributed by atoms with Crippen LogP contribution in [-0.4, -0.2) is 48.1 Å². The van der Waals surface area contributed by atoms with Crippen molar-refractivity contribution in [2.75, 3.05) is 23.7 Å². The lowest BCUT2D eigenvalue weighted by Gasteiger charge is -2.32. The molecule has 1 aromatic carbocycles. The molecule has 0 spiro atoms. The van der Waals surface area contributed by atoms with E-state index in [2.05, 4.69) is 46.1 Å². The molecule has 9 nitrogen and oxygen atoms in total. The Kier molecular flexibility index (Phi) is 4.70. The molecule has 152 valence electrons. The Morgan fingerprint density at radius 2 is 1.80 bits per heavy atom. The summed E-state index contributed by atoms with van der Waals surface area (Å²) in [4.78, 5) is 11.0. The standard InChI is InChI=1S/C20H19BrN8O/c21-12-10-23-20(24-11-12)28-7-5-13(6-8-28)29-16-9-15(14-3-1-2-4-17(14)30)25-26-18(16)19(22)27-29/h1-4,9-11,13,30H,5-8H2,(H2,22,27). The van der Waals surface area contributed by atoms with Crippen LogP contribution in [0.1, 0.15) is 18.9 Å². The largest absolute Gasteiger partial charge is 0.507 e. The molecule has 0 aliphatic carbocycles. The lowest BCUT2D eigenvalue weighted by molar-refractivity contribution is 0.374. The number of phenolic OH excluding ortho intramolecular Hbond substituents is 1. The minimum Gasteiger partial charge on any atom is -0.507 e. The number of phenols is 1. The minimum absolute atomic E-state index is 0.160. The number of hydrogen-bond donors (Lipinski definition) is 2. The lowest BCUT2D eigenvalue weighted by atomic mass is 10.1. The van der Waals surface area contributed by atoms with Gasteiger partial charge in [-0.15, -0.1) is 10.2 Å². The van der Waals surface area contributed by atoms with E-state index in [1.807, 2.05) is 22.9 Å². The number of anilines is 2. The van der Waals surface area contributed by atoms with Crippen LogP contribution in [0.15, 0.2) is 47.2 Å². The van der Waals surface area contributed by atoms with Crippen molar-refractivity contribution in [3.8, 4) is 17.0 Å². The van der Waals surface area contributed by atoms with Gasteiger partial charge in [0.1, 0.15) is 5.75 Å². The van der Waals surface area contributed by atoms with Gasteiger partial charge in [0.2, 0.25) is 5.95 Å². The van der Waals surface area contributed by atoms with E-state index < -0.39 is 0 Å². The number of aromatic hydroxyl groups is 1. The average molecular weight is 467 g/mol. The maximum atomic E-state index is 10.2. The summed E-state index contributed by atoms with van der Waals surface area (Å²) in [5, 5.41) is 23.3. The van der Waals surface area contributed by atoms with Crippen molar-refractivity contribution in [1.82, 2.24) is 29.9 Å². The lowest BCUT2D eigenvalue weighted by Crippen LogP contribution is -2.36. The number of nitrogens with two attached hydrogens (primary N) is 1. The van der Waals surface area contributed by atoms with Crippen LogP contribution in [0.5, 0.6) is 5.75 Å². The second kappa shape index (κ2) is 7.52. The van der Waals surface area contributed by atoms with Gasteiger partial charge >= 0.3 is 0 Å². The van der Waals surface area contributed by atoms with Crippen LogP contribution in [0.25, 0.3) is 22.3 Å². The van der Waals surface area contributed by atoms with Crippen LogP contribution >= 0.6 is 15.9 Å². The van der Waals surface area contributed by atoms with E-state index in [-0.39, 0.29) is 11.8 Å². The summed E-state index contributed by atoms with van der Waals surface area (Å²) in [6, 6.07) is 9.14. The van der Waals surface area contributed by atoms with Crippen LogP contribution in [-0.2, 0) is 0 Å². The fraction of sp³-hybridized carbons (Fsp3) is 0.250. The normalized spacial score (nSPS) is 15.0. The molecule has 30 heavy (non-hydrogen) atoms. The summed E-state index contributed by atoms with van der Waals surface area (Å²) in [5.74, 6) is 1.25. The number of nitrogen functional groups attached to an aromatic ring is 1. The molecule has 0 atom stereocenters. The maximum Gasteiger partial charge on any atom is 0.225 e. The molecule has 0 bridgehead atoms. The Hall–Kier alpha value is -3.27. The predicted molar refractivity (Wildman–Crippen MR) is 117 cm³/mol. The summed E-state index contributed by atoms with van der Waals surface area (Å²) < 4.78 is 2.81. The van der Waals surface area contributed by atoms with Crippen LogP contribution < -0.4 is 10.6 Å². The number of benzene rings is 1. The third-order valence-corrected chi connectivity index (χ3v) is 5.77. The topological polar surface area (TPSA) is 119 Å². The highest BCUT2D eigenvalue weighted by atomic mass is 79.9. The Morgan fingerprint density at radius 3 is 2.53 bits per heavy atom. The average Bonchev–Trinajstić information content (AvgIpc) is 3.11. The number of aromatic nitrogens is 6. The van der Waals surface area contributed by atoms with E-state index in [9.17, 15) is 5.11 Å². The van der Waals surface area contributed by atoms with E-state index >= 15 is 0 Å². The zero-order valence-electron chi connectivity index (χ0n) is 16.0. The van der Waals surface area contributed by atoms with Crippen molar-refractivity contribution in [3.05, 3.63) is 47.2 Å². The molecular formula is C20H19BrN8O. The summed E-state index contributed by atoms with van der Waals surface area (Å²) in [7, 11) is 0. The van der Waals surface area contributed by atoms with Crippen molar-refractivity contribution >= 4 is 38.7 Å². The van der Waals surface area contributed by atoms with Crippen molar-refractivity contribution in [2.24, 2.45) is 0 Å². The first kappa shape index (κ1) is 18.7. The second-order valence-corrected chi connectivity index (χ2v) is 8.15. The maximum absolute atomic E-state index is 10.2. The highest BCUT2D eigenvalue weighted by molar-refractivity contribution is 9.10. The molecular weight excluding hydrogens is 448 g/mol. The van der Waals surface area contributed by atoms with Gasteiger partial charge in [-0.1, -0.05) is 12.1 Å². The minimum atomic E-state index is 0.160. The molecule has 0 unspecified atom stereocenters. The smallest absolute Gasteiger partial charge is 0.225 e. The molecule has 1 fully saturated rings. The van der Waals surface area contributed by atoms with Gasteiger partial charge in [0.05, 0.1) is 21.7 Å². The van der Waals surface area contributed by atoms with E-state index in [1.54, 1.807) is 24.5 Å². The third kappa shape index (κ3) is 3.32. The number of rotatable bonds is 3. The van der Waals surface area contributed by atoms with Gasteiger partial charge in [-0.05, 0) is 47.0 Å². The second-order valence-electron chi connectivity index (χ2n) is 7.23. The first-order valence-corrected chi connectivity index (χ1v) is 10.4. The number of halogens is 1. The predicted octanol–water partition coefficient (Wildman–Crippen LogP) is 3.18. The van der Waals surface area contributed by atoms with Crippen molar-refractivity contribution in [1.29, 1.82) is 0 Å². The Labute approximate surface area is 180 Å². The number of hydrogen-bond acceptors (Lipinski definition) is 8. The first-order valence-electron chi connectivity index (χ1n) is 9.62. The zero-order chi connectivity index (χ0) is 20.7. The summed E-state index contributed by atoms with van der Waals surface area (Å²) in [5.41, 5.74) is 8.72. The molecule has 0 amide bonds. The molecule has 0 radical (unpaired) electrons. The number of nitrogens with zero attached hydrogens (tertiary/aromatic N) is 7. The SMILES string of the molecule is Nc1nn(C2CCN(c3ncc(Br)cn3)CC2)c2cc(-c3ccccc3O)nnc12. The van der Waals surface area contributed by atoms with E-state index in [0.717, 1.165) is 41.9 Å². The van der Waals surface area contributed by atoms with Gasteiger partial charge in [-0.2, -0.15) is 5.10 Å². The zero-order valence-corrected chi connectivity index (χ0v) is 17.6. The molecule has 3 N–H and O–H groups in total. The van der Waals surface area contributed by atoms with E-state index in [1.165, 1.54) is 0 Å². The van der Waals surface area contributed by atoms with Crippen LogP contribution in [0.3, 0.4) is 0 Å². The summed E-state index contributed by atoms with van der Waals surface area (Å²) >= 11 is 3.37. The Balaban J connectivity index is 1.44. The molecule has 4 aromatic rings. The molecule has 5 rings (SSSR count). The van der Waals surface area contributed by atoms with Crippen LogP contribution in [0.4, 0.5) is 11.8 Å². The first-order chi connectivity index (χ1) is 14.6. The molecule has 1 saturated heterocycles. The number of fused-ring (bicyclic) bond motifs is 1. The molecule has 4 heterocycles. The fourth-order valence-electron chi connectivity index (χ4n) is 3.84. The van der Waals surface area contributed by atoms with Gasteiger partial charge in [0, 0.05) is 31.0 Å². The molecule has 10 heteroatoms. The Bertz CT molecular complexity index is 1200. The van der Waals surface area contributed by atoms with Crippen LogP contribution in [0, 0.1) is 0 Å². The molecule has 1 aliphatic heterocycles. The van der Waals surface area contributed by atoms with Crippen molar-refractivity contribution < 1.29 is 5.11 Å². The van der Waals surface area contributed by atoms with E-state index in [0.29, 0.717) is 22.6 Å². The molecule has 1 aliphatic rings. The fourth-order valence-corrected chi connectivity index (χ4v) is 4.04. The van der Waals surface area contributed by atoms with Gasteiger partial charge in [0.15, 0.2) is 11.3 Å². The molecule has 3 aromatic heterocycles. The van der Waals surface area contributed by atoms with Gasteiger partial charge < -0.3 is 15.7 Å². The van der Waals surface area contributed by atoms with Crippen molar-refractivity contribution in [2.45, 2.75) is 18.9 Å². The highest BCUT2D eigenvalue weighted by Crippen LogP contribution is 2.33. The van der Waals surface area contributed by atoms with Gasteiger partial charge in [-0.3, -0.25) is 4.68 Å². The number of para-hydroxylation sites is 1. The van der Waals surface area contributed by atoms with Gasteiger partial charge in [0.25, 0.3) is 0 Å². The third-order valence-electron chi connectivity index (χ3n) is 5.36. The van der Waals surface area contributed by atoms with E-state index in [4.69, 9.17) is 5.73 Å². The van der Waals surface area contributed by atoms with Crippen molar-refractivity contribution in [3.63, 3.8) is 0 Å². The molecule has 0 saturated carbocycles. The summed E-state index contributed by atoms with van der Waals surface area (Å²) in [6.45, 7) is 1.64. The monoisotopic (exact) mass is 466 g/mol.